The van der Waals surface area contributed by atoms with Crippen molar-refractivity contribution in [1.82, 2.24) is 4.90 Å². The highest BCUT2D eigenvalue weighted by Crippen LogP contribution is 2.26. The standard InChI is InChI=1S/C11H12ClN3OS/c1-7-3-4-8(12)9(5-7)16-6-10-13-14-11(17)15(10)2/h3-5,10H,6H2,1-2H3. The maximum atomic E-state index is 6.03. The van der Waals surface area contributed by atoms with E-state index in [1.165, 1.54) is 0 Å². The summed E-state index contributed by atoms with van der Waals surface area (Å²) in [5.74, 6) is 0.660. The van der Waals surface area contributed by atoms with Gasteiger partial charge in [-0.15, -0.1) is 5.11 Å². The number of halogens is 1. The number of azo groups is 1. The number of likely N-dealkylation sites (N-methyl/N-ethyl adjacent to an activating group) is 1. The van der Waals surface area contributed by atoms with Crippen molar-refractivity contribution in [2.24, 2.45) is 10.2 Å². The van der Waals surface area contributed by atoms with Gasteiger partial charge in [-0.3, -0.25) is 0 Å². The minimum absolute atomic E-state index is 0.168. The molecular formula is C11H12ClN3OS. The Labute approximate surface area is 110 Å². The van der Waals surface area contributed by atoms with Crippen molar-refractivity contribution in [3.05, 3.63) is 28.8 Å². The van der Waals surface area contributed by atoms with Gasteiger partial charge in [0.25, 0.3) is 0 Å². The van der Waals surface area contributed by atoms with E-state index in [1.807, 2.05) is 32.2 Å². The summed E-state index contributed by atoms with van der Waals surface area (Å²) in [5, 5.41) is 8.90. The summed E-state index contributed by atoms with van der Waals surface area (Å²) in [4.78, 5) is 1.79. The molecule has 0 spiro atoms. The Hall–Kier alpha value is -1.20. The van der Waals surface area contributed by atoms with E-state index >= 15 is 0 Å². The van der Waals surface area contributed by atoms with Crippen LogP contribution in [0.3, 0.4) is 0 Å². The molecular weight excluding hydrogens is 258 g/mol. The van der Waals surface area contributed by atoms with Crippen LogP contribution in [0, 0.1) is 6.92 Å². The third-order valence-electron chi connectivity index (χ3n) is 2.50. The first-order valence-corrected chi connectivity index (χ1v) is 5.93. The molecule has 1 heterocycles. The molecule has 0 aliphatic carbocycles. The molecule has 0 saturated heterocycles. The van der Waals surface area contributed by atoms with Gasteiger partial charge in [-0.25, -0.2) is 0 Å². The van der Waals surface area contributed by atoms with Crippen LogP contribution in [0.2, 0.25) is 5.02 Å². The van der Waals surface area contributed by atoms with E-state index in [4.69, 9.17) is 28.6 Å². The third kappa shape index (κ3) is 2.73. The van der Waals surface area contributed by atoms with Crippen molar-refractivity contribution in [3.8, 4) is 5.75 Å². The number of rotatable bonds is 3. The lowest BCUT2D eigenvalue weighted by Crippen LogP contribution is -2.33. The quantitative estimate of drug-likeness (QED) is 0.792. The number of ether oxygens (including phenoxy) is 1. The molecule has 0 N–H and O–H groups in total. The van der Waals surface area contributed by atoms with Crippen molar-refractivity contribution in [2.75, 3.05) is 13.7 Å². The third-order valence-corrected chi connectivity index (χ3v) is 3.18. The van der Waals surface area contributed by atoms with Crippen LogP contribution in [0.1, 0.15) is 5.56 Å². The fourth-order valence-corrected chi connectivity index (χ4v) is 1.76. The van der Waals surface area contributed by atoms with E-state index in [9.17, 15) is 0 Å². The molecule has 1 aromatic rings. The van der Waals surface area contributed by atoms with Gasteiger partial charge in [0.05, 0.1) is 5.02 Å². The zero-order chi connectivity index (χ0) is 12.4. The van der Waals surface area contributed by atoms with Crippen LogP contribution in [0.4, 0.5) is 0 Å². The van der Waals surface area contributed by atoms with Gasteiger partial charge in [-0.05, 0) is 36.8 Å². The molecule has 0 saturated carbocycles. The molecule has 0 fully saturated rings. The lowest BCUT2D eigenvalue weighted by atomic mass is 10.2. The number of aryl methyl sites for hydroxylation is 1. The molecule has 1 aliphatic rings. The number of hydrogen-bond acceptors (Lipinski definition) is 3. The molecule has 0 amide bonds. The summed E-state index contributed by atoms with van der Waals surface area (Å²) in [6, 6.07) is 5.65. The number of thiocarbonyl (C=S) groups is 1. The van der Waals surface area contributed by atoms with Crippen LogP contribution in [0.5, 0.6) is 5.75 Å². The van der Waals surface area contributed by atoms with Crippen LogP contribution in [0.15, 0.2) is 28.4 Å². The Morgan fingerprint density at radius 2 is 2.29 bits per heavy atom. The summed E-state index contributed by atoms with van der Waals surface area (Å²) < 4.78 is 5.63. The summed E-state index contributed by atoms with van der Waals surface area (Å²) in [6.45, 7) is 2.36. The topological polar surface area (TPSA) is 37.2 Å². The first kappa shape index (κ1) is 12.3. The average molecular weight is 270 g/mol. The van der Waals surface area contributed by atoms with Crippen LogP contribution in [-0.2, 0) is 0 Å². The van der Waals surface area contributed by atoms with E-state index in [2.05, 4.69) is 10.2 Å². The van der Waals surface area contributed by atoms with Crippen LogP contribution >= 0.6 is 23.8 Å². The highest BCUT2D eigenvalue weighted by molar-refractivity contribution is 7.80. The molecule has 1 aliphatic heterocycles. The van der Waals surface area contributed by atoms with Gasteiger partial charge in [0.15, 0.2) is 6.17 Å². The number of nitrogens with zero attached hydrogens (tertiary/aromatic N) is 3. The zero-order valence-corrected chi connectivity index (χ0v) is 11.1. The second-order valence-corrected chi connectivity index (χ2v) is 4.61. The van der Waals surface area contributed by atoms with Crippen molar-refractivity contribution in [1.29, 1.82) is 0 Å². The Kier molecular flexibility index (Phi) is 3.59. The van der Waals surface area contributed by atoms with Gasteiger partial charge < -0.3 is 9.64 Å². The van der Waals surface area contributed by atoms with Crippen molar-refractivity contribution >= 4 is 28.9 Å². The fourth-order valence-electron chi connectivity index (χ4n) is 1.42. The number of hydrogen-bond donors (Lipinski definition) is 0. The minimum atomic E-state index is -0.168. The minimum Gasteiger partial charge on any atom is -0.488 e. The summed E-state index contributed by atoms with van der Waals surface area (Å²) >= 11 is 11.0. The van der Waals surface area contributed by atoms with Gasteiger partial charge in [-0.1, -0.05) is 17.7 Å². The summed E-state index contributed by atoms with van der Waals surface area (Å²) in [6.07, 6.45) is -0.168. The van der Waals surface area contributed by atoms with Crippen LogP contribution in [0.25, 0.3) is 0 Å². The summed E-state index contributed by atoms with van der Waals surface area (Å²) in [7, 11) is 1.84. The molecule has 90 valence electrons. The molecule has 2 rings (SSSR count). The smallest absolute Gasteiger partial charge is 0.217 e. The van der Waals surface area contributed by atoms with Gasteiger partial charge in [0.1, 0.15) is 12.4 Å². The second-order valence-electron chi connectivity index (χ2n) is 3.83. The molecule has 17 heavy (non-hydrogen) atoms. The van der Waals surface area contributed by atoms with E-state index in [0.717, 1.165) is 5.56 Å². The molecule has 1 aromatic carbocycles. The van der Waals surface area contributed by atoms with Crippen molar-refractivity contribution in [2.45, 2.75) is 13.1 Å². The van der Waals surface area contributed by atoms with E-state index < -0.39 is 0 Å². The van der Waals surface area contributed by atoms with Crippen LogP contribution < -0.4 is 4.74 Å². The van der Waals surface area contributed by atoms with Gasteiger partial charge in [0.2, 0.25) is 5.11 Å². The maximum Gasteiger partial charge on any atom is 0.217 e. The Bertz CT molecular complexity index is 478. The van der Waals surface area contributed by atoms with Crippen molar-refractivity contribution < 1.29 is 4.74 Å². The van der Waals surface area contributed by atoms with Gasteiger partial charge in [-0.2, -0.15) is 5.11 Å². The van der Waals surface area contributed by atoms with Gasteiger partial charge >= 0.3 is 0 Å². The van der Waals surface area contributed by atoms with Gasteiger partial charge in [0, 0.05) is 7.05 Å². The Balaban J connectivity index is 2.01. The lowest BCUT2D eigenvalue weighted by molar-refractivity contribution is 0.229. The van der Waals surface area contributed by atoms with Crippen molar-refractivity contribution in [3.63, 3.8) is 0 Å². The Morgan fingerprint density at radius 1 is 1.53 bits per heavy atom. The first-order chi connectivity index (χ1) is 8.08. The molecule has 0 radical (unpaired) electrons. The molecule has 1 atom stereocenters. The molecule has 4 nitrogen and oxygen atoms in total. The van der Waals surface area contributed by atoms with E-state index in [1.54, 1.807) is 4.90 Å². The predicted octanol–water partition coefficient (Wildman–Crippen LogP) is 3.04. The lowest BCUT2D eigenvalue weighted by Gasteiger charge is -2.18. The first-order valence-electron chi connectivity index (χ1n) is 5.14. The average Bonchev–Trinajstić information content (AvgIpc) is 2.62. The highest BCUT2D eigenvalue weighted by atomic mass is 35.5. The SMILES string of the molecule is Cc1ccc(Cl)c(OCC2N=NC(=S)N2C)c1. The van der Waals surface area contributed by atoms with E-state index in [0.29, 0.717) is 22.5 Å². The largest absolute Gasteiger partial charge is 0.488 e. The normalized spacial score (nSPS) is 18.9. The van der Waals surface area contributed by atoms with E-state index in [-0.39, 0.29) is 6.17 Å². The zero-order valence-electron chi connectivity index (χ0n) is 9.55. The molecule has 0 aromatic heterocycles. The monoisotopic (exact) mass is 269 g/mol. The van der Waals surface area contributed by atoms with Crippen LogP contribution in [-0.4, -0.2) is 29.8 Å². The molecule has 0 bridgehead atoms. The molecule has 6 heteroatoms. The maximum absolute atomic E-state index is 6.03. The predicted molar refractivity (Wildman–Crippen MR) is 70.7 cm³/mol. The summed E-state index contributed by atoms with van der Waals surface area (Å²) in [5.41, 5.74) is 1.10. The second kappa shape index (κ2) is 4.98. The number of benzene rings is 1. The molecule has 1 unspecified atom stereocenters. The highest BCUT2D eigenvalue weighted by Gasteiger charge is 2.23. The Morgan fingerprint density at radius 3 is 2.94 bits per heavy atom. The fraction of sp³-hybridized carbons (Fsp3) is 0.364.